The van der Waals surface area contributed by atoms with E-state index in [1.54, 1.807) is 12.4 Å². The second kappa shape index (κ2) is 3.63. The molecule has 1 N–H and O–H groups in total. The van der Waals surface area contributed by atoms with Crippen LogP contribution >= 0.6 is 0 Å². The van der Waals surface area contributed by atoms with Crippen LogP contribution in [0.1, 0.15) is 5.56 Å². The van der Waals surface area contributed by atoms with Crippen LogP contribution < -0.4 is 0 Å². The molecule has 0 spiro atoms. The summed E-state index contributed by atoms with van der Waals surface area (Å²) < 4.78 is 26.4. The van der Waals surface area contributed by atoms with Gasteiger partial charge < -0.3 is 4.98 Å². The molecular formula is C9H10N2O3S. The monoisotopic (exact) mass is 226 g/mol. The highest BCUT2D eigenvalue weighted by atomic mass is 32.2. The smallest absolute Gasteiger partial charge is 0.264 e. The zero-order chi connectivity index (χ0) is 10.9. The van der Waals surface area contributed by atoms with E-state index >= 15 is 0 Å². The fraction of sp³-hybridized carbons (Fsp3) is 0.222. The number of fused-ring (bicyclic) bond motifs is 1. The lowest BCUT2D eigenvalue weighted by atomic mass is 10.2. The molecule has 1 heterocycles. The first-order chi connectivity index (χ1) is 7.06. The third kappa shape index (κ3) is 2.34. The van der Waals surface area contributed by atoms with Crippen LogP contribution in [-0.2, 0) is 20.9 Å². The minimum atomic E-state index is -3.41. The maximum absolute atomic E-state index is 10.8. The molecule has 0 aliphatic heterocycles. The standard InChI is InChI=1S/C9H10N2O3S/c1-15(12,13)14-5-7-3-2-4-8-9(7)11-6-10-8/h2-4,6H,5H2,1H3,(H,10,11). The van der Waals surface area contributed by atoms with Gasteiger partial charge in [-0.2, -0.15) is 8.42 Å². The van der Waals surface area contributed by atoms with E-state index < -0.39 is 10.1 Å². The quantitative estimate of drug-likeness (QED) is 0.794. The molecule has 0 bridgehead atoms. The Balaban J connectivity index is 2.32. The van der Waals surface area contributed by atoms with E-state index in [-0.39, 0.29) is 6.61 Å². The number of benzene rings is 1. The fourth-order valence-electron chi connectivity index (χ4n) is 1.31. The number of rotatable bonds is 3. The van der Waals surface area contributed by atoms with Gasteiger partial charge in [0.2, 0.25) is 0 Å². The number of nitrogens with zero attached hydrogens (tertiary/aromatic N) is 1. The number of nitrogens with one attached hydrogen (secondary N) is 1. The van der Waals surface area contributed by atoms with Crippen molar-refractivity contribution in [3.8, 4) is 0 Å². The van der Waals surface area contributed by atoms with E-state index in [0.717, 1.165) is 22.9 Å². The third-order valence-corrected chi connectivity index (χ3v) is 2.51. The van der Waals surface area contributed by atoms with Crippen molar-refractivity contribution >= 4 is 21.2 Å². The first-order valence-electron chi connectivity index (χ1n) is 4.31. The molecule has 0 amide bonds. The number of para-hydroxylation sites is 1. The summed E-state index contributed by atoms with van der Waals surface area (Å²) in [5.41, 5.74) is 2.35. The van der Waals surface area contributed by atoms with Gasteiger partial charge in [-0.3, -0.25) is 4.18 Å². The van der Waals surface area contributed by atoms with Gasteiger partial charge in [0.1, 0.15) is 0 Å². The summed E-state index contributed by atoms with van der Waals surface area (Å²) in [6.45, 7) is 0.0149. The molecule has 0 unspecified atom stereocenters. The molecule has 0 atom stereocenters. The molecule has 0 radical (unpaired) electrons. The Morgan fingerprint density at radius 1 is 1.47 bits per heavy atom. The molecule has 0 saturated heterocycles. The summed E-state index contributed by atoms with van der Waals surface area (Å²) in [5.74, 6) is 0. The Morgan fingerprint density at radius 3 is 3.00 bits per heavy atom. The van der Waals surface area contributed by atoms with Crippen molar-refractivity contribution in [3.05, 3.63) is 30.1 Å². The van der Waals surface area contributed by atoms with Crippen molar-refractivity contribution in [1.29, 1.82) is 0 Å². The van der Waals surface area contributed by atoms with Gasteiger partial charge in [-0.15, -0.1) is 0 Å². The Bertz CT molecular complexity index is 574. The molecule has 80 valence electrons. The lowest BCUT2D eigenvalue weighted by Gasteiger charge is -2.01. The number of aromatic amines is 1. The summed E-state index contributed by atoms with van der Waals surface area (Å²) in [6, 6.07) is 5.47. The predicted octanol–water partition coefficient (Wildman–Crippen LogP) is 1.04. The second-order valence-corrected chi connectivity index (χ2v) is 4.83. The van der Waals surface area contributed by atoms with Crippen LogP contribution in [0.2, 0.25) is 0 Å². The van der Waals surface area contributed by atoms with Crippen molar-refractivity contribution < 1.29 is 12.6 Å². The van der Waals surface area contributed by atoms with Gasteiger partial charge in [-0.1, -0.05) is 12.1 Å². The molecule has 6 heteroatoms. The van der Waals surface area contributed by atoms with E-state index in [0.29, 0.717) is 0 Å². The molecule has 5 nitrogen and oxygen atoms in total. The van der Waals surface area contributed by atoms with Gasteiger partial charge in [0, 0.05) is 5.56 Å². The molecule has 0 aliphatic carbocycles. The predicted molar refractivity (Wildman–Crippen MR) is 55.7 cm³/mol. The SMILES string of the molecule is CS(=O)(=O)OCc1cccc2[nH]cnc12. The minimum Gasteiger partial charge on any atom is -0.345 e. The van der Waals surface area contributed by atoms with Crippen molar-refractivity contribution in [2.75, 3.05) is 6.26 Å². The van der Waals surface area contributed by atoms with Crippen LogP contribution in [-0.4, -0.2) is 24.6 Å². The fourth-order valence-corrected chi connectivity index (χ4v) is 1.65. The van der Waals surface area contributed by atoms with E-state index in [2.05, 4.69) is 9.97 Å². The van der Waals surface area contributed by atoms with Gasteiger partial charge in [-0.25, -0.2) is 4.98 Å². The van der Waals surface area contributed by atoms with Crippen molar-refractivity contribution in [1.82, 2.24) is 9.97 Å². The van der Waals surface area contributed by atoms with Gasteiger partial charge in [0.25, 0.3) is 10.1 Å². The summed E-state index contributed by atoms with van der Waals surface area (Å²) in [6.07, 6.45) is 2.59. The highest BCUT2D eigenvalue weighted by Crippen LogP contribution is 2.15. The number of hydrogen-bond donors (Lipinski definition) is 1. The lowest BCUT2D eigenvalue weighted by molar-refractivity contribution is 0.313. The second-order valence-electron chi connectivity index (χ2n) is 3.18. The largest absolute Gasteiger partial charge is 0.345 e. The summed E-state index contributed by atoms with van der Waals surface area (Å²) >= 11 is 0. The molecular weight excluding hydrogens is 216 g/mol. The first kappa shape index (κ1) is 10.1. The lowest BCUT2D eigenvalue weighted by Crippen LogP contribution is -2.02. The van der Waals surface area contributed by atoms with Gasteiger partial charge >= 0.3 is 0 Å². The number of H-pyrrole nitrogens is 1. The third-order valence-electron chi connectivity index (χ3n) is 1.96. The molecule has 0 fully saturated rings. The molecule has 1 aromatic carbocycles. The van der Waals surface area contributed by atoms with Crippen LogP contribution in [0.15, 0.2) is 24.5 Å². The highest BCUT2D eigenvalue weighted by Gasteiger charge is 2.06. The van der Waals surface area contributed by atoms with E-state index in [1.807, 2.05) is 12.1 Å². The van der Waals surface area contributed by atoms with Crippen LogP contribution in [0, 0.1) is 0 Å². The van der Waals surface area contributed by atoms with Gasteiger partial charge in [0.15, 0.2) is 0 Å². The highest BCUT2D eigenvalue weighted by molar-refractivity contribution is 7.85. The van der Waals surface area contributed by atoms with Crippen LogP contribution in [0.3, 0.4) is 0 Å². The maximum Gasteiger partial charge on any atom is 0.264 e. The van der Waals surface area contributed by atoms with Crippen LogP contribution in [0.4, 0.5) is 0 Å². The average molecular weight is 226 g/mol. The molecule has 0 aliphatic rings. The summed E-state index contributed by atoms with van der Waals surface area (Å²) in [4.78, 5) is 7.03. The summed E-state index contributed by atoms with van der Waals surface area (Å²) in [5, 5.41) is 0. The van der Waals surface area contributed by atoms with Crippen molar-refractivity contribution in [2.45, 2.75) is 6.61 Å². The minimum absolute atomic E-state index is 0.0149. The van der Waals surface area contributed by atoms with Crippen LogP contribution in [0.25, 0.3) is 11.0 Å². The van der Waals surface area contributed by atoms with E-state index in [1.165, 1.54) is 0 Å². The molecule has 0 saturated carbocycles. The molecule has 2 rings (SSSR count). The Labute approximate surface area is 87.2 Å². The topological polar surface area (TPSA) is 72.1 Å². The molecule has 15 heavy (non-hydrogen) atoms. The van der Waals surface area contributed by atoms with Crippen LogP contribution in [0.5, 0.6) is 0 Å². The molecule has 1 aromatic heterocycles. The maximum atomic E-state index is 10.8. The zero-order valence-electron chi connectivity index (χ0n) is 8.10. The Hall–Kier alpha value is -1.40. The van der Waals surface area contributed by atoms with E-state index in [4.69, 9.17) is 4.18 Å². The normalized spacial score (nSPS) is 12.1. The Morgan fingerprint density at radius 2 is 2.27 bits per heavy atom. The average Bonchev–Trinajstić information content (AvgIpc) is 2.61. The Kier molecular flexibility index (Phi) is 2.45. The first-order valence-corrected chi connectivity index (χ1v) is 6.13. The zero-order valence-corrected chi connectivity index (χ0v) is 8.91. The number of aromatic nitrogens is 2. The van der Waals surface area contributed by atoms with Gasteiger partial charge in [0.05, 0.1) is 30.2 Å². The number of hydrogen-bond acceptors (Lipinski definition) is 4. The van der Waals surface area contributed by atoms with E-state index in [9.17, 15) is 8.42 Å². The van der Waals surface area contributed by atoms with Crippen molar-refractivity contribution in [3.63, 3.8) is 0 Å². The molecule has 2 aromatic rings. The van der Waals surface area contributed by atoms with Gasteiger partial charge in [-0.05, 0) is 6.07 Å². The van der Waals surface area contributed by atoms with Crippen molar-refractivity contribution in [2.24, 2.45) is 0 Å². The summed E-state index contributed by atoms with van der Waals surface area (Å²) in [7, 11) is -3.41. The number of imidazole rings is 1.